The van der Waals surface area contributed by atoms with Gasteiger partial charge < -0.3 is 21.3 Å². The molecule has 8 nitrogen and oxygen atoms in total. The average molecular weight is 382 g/mol. The second kappa shape index (κ2) is 8.35. The molecule has 28 heavy (non-hydrogen) atoms. The number of likely N-dealkylation sites (tertiary alicyclic amines) is 1. The van der Waals surface area contributed by atoms with Gasteiger partial charge in [0, 0.05) is 37.4 Å². The first-order valence-electron chi connectivity index (χ1n) is 9.49. The third kappa shape index (κ3) is 3.82. The second-order valence-electron chi connectivity index (χ2n) is 6.84. The van der Waals surface area contributed by atoms with Gasteiger partial charge in [0.05, 0.1) is 11.3 Å². The Morgan fingerprint density at radius 3 is 2.54 bits per heavy atom. The molecule has 8 heteroatoms. The van der Waals surface area contributed by atoms with Gasteiger partial charge in [-0.05, 0) is 20.3 Å². The van der Waals surface area contributed by atoms with Gasteiger partial charge in [-0.25, -0.2) is 9.97 Å². The summed E-state index contributed by atoms with van der Waals surface area (Å²) in [5.41, 5.74) is 13.4. The lowest BCUT2D eigenvalue weighted by Gasteiger charge is -2.29. The molecule has 4 N–H and O–H groups in total. The number of amides is 2. The number of anilines is 1. The van der Waals surface area contributed by atoms with Crippen LogP contribution in [-0.2, 0) is 4.79 Å². The van der Waals surface area contributed by atoms with Crippen LogP contribution < -0.4 is 11.5 Å². The van der Waals surface area contributed by atoms with E-state index in [1.54, 1.807) is 9.80 Å². The number of aromatic nitrogens is 2. The third-order valence-corrected chi connectivity index (χ3v) is 5.04. The van der Waals surface area contributed by atoms with Crippen LogP contribution in [0.25, 0.3) is 11.3 Å². The summed E-state index contributed by atoms with van der Waals surface area (Å²) < 4.78 is 0. The molecule has 148 valence electrons. The number of benzene rings is 1. The zero-order valence-electron chi connectivity index (χ0n) is 16.2. The van der Waals surface area contributed by atoms with Crippen molar-refractivity contribution in [3.63, 3.8) is 0 Å². The Labute approximate surface area is 164 Å². The molecule has 1 aliphatic rings. The number of rotatable bonds is 5. The average Bonchev–Trinajstić information content (AvgIpc) is 3.10. The Morgan fingerprint density at radius 1 is 1.21 bits per heavy atom. The predicted molar refractivity (Wildman–Crippen MR) is 107 cm³/mol. The summed E-state index contributed by atoms with van der Waals surface area (Å²) in [6, 6.07) is 8.49. The molecule has 0 saturated carbocycles. The number of nitrogens with zero attached hydrogens (tertiary/aromatic N) is 4. The topological polar surface area (TPSA) is 118 Å². The van der Waals surface area contributed by atoms with Crippen molar-refractivity contribution in [2.75, 3.05) is 25.4 Å². The van der Waals surface area contributed by atoms with E-state index in [9.17, 15) is 9.59 Å². The summed E-state index contributed by atoms with van der Waals surface area (Å²) in [5.74, 6) is -0.300. The minimum Gasteiger partial charge on any atom is -0.368 e. The number of nitrogens with two attached hydrogens (primary N) is 2. The monoisotopic (exact) mass is 382 g/mol. The van der Waals surface area contributed by atoms with Crippen molar-refractivity contribution >= 4 is 17.8 Å². The molecule has 2 atom stereocenters. The summed E-state index contributed by atoms with van der Waals surface area (Å²) in [6.07, 6.45) is 1.87. The molecule has 1 aliphatic heterocycles. The van der Waals surface area contributed by atoms with Crippen molar-refractivity contribution in [2.45, 2.75) is 32.4 Å². The van der Waals surface area contributed by atoms with Crippen molar-refractivity contribution in [1.29, 1.82) is 0 Å². The highest BCUT2D eigenvalue weighted by molar-refractivity contribution is 6.02. The first-order valence-corrected chi connectivity index (χ1v) is 9.49. The van der Waals surface area contributed by atoms with E-state index in [0.29, 0.717) is 37.3 Å². The Balaban J connectivity index is 1.98. The van der Waals surface area contributed by atoms with E-state index >= 15 is 0 Å². The van der Waals surface area contributed by atoms with Crippen molar-refractivity contribution in [1.82, 2.24) is 19.8 Å². The van der Waals surface area contributed by atoms with Gasteiger partial charge in [0.25, 0.3) is 5.91 Å². The van der Waals surface area contributed by atoms with Gasteiger partial charge >= 0.3 is 0 Å². The van der Waals surface area contributed by atoms with Crippen molar-refractivity contribution in [3.05, 3.63) is 42.1 Å². The van der Waals surface area contributed by atoms with Crippen LogP contribution in [-0.4, -0.2) is 63.3 Å². The molecular formula is C20H26N6O2. The maximum atomic E-state index is 13.4. The van der Waals surface area contributed by atoms with Crippen LogP contribution in [0.1, 0.15) is 30.6 Å². The molecule has 0 radical (unpaired) electrons. The summed E-state index contributed by atoms with van der Waals surface area (Å²) in [6.45, 7) is 5.33. The highest BCUT2D eigenvalue weighted by Gasteiger charge is 2.40. The molecule has 1 aromatic carbocycles. The van der Waals surface area contributed by atoms with Crippen molar-refractivity contribution in [2.24, 2.45) is 5.73 Å². The van der Waals surface area contributed by atoms with Crippen LogP contribution in [0.5, 0.6) is 0 Å². The SMILES string of the molecule is CCN(CC)C(=O)C1CC(N)CN1C(=O)c1cnc(N)nc1-c1ccccc1. The van der Waals surface area contributed by atoms with Gasteiger partial charge in [0.15, 0.2) is 0 Å². The summed E-state index contributed by atoms with van der Waals surface area (Å²) in [5, 5.41) is 0. The maximum absolute atomic E-state index is 13.4. The number of carbonyl (C=O) groups is 2. The van der Waals surface area contributed by atoms with Gasteiger partial charge in [0.2, 0.25) is 11.9 Å². The highest BCUT2D eigenvalue weighted by Crippen LogP contribution is 2.27. The molecule has 1 saturated heterocycles. The summed E-state index contributed by atoms with van der Waals surface area (Å²) in [4.78, 5) is 37.9. The van der Waals surface area contributed by atoms with Crippen LogP contribution in [0.3, 0.4) is 0 Å². The molecule has 2 amide bonds. The van der Waals surface area contributed by atoms with Gasteiger partial charge in [-0.3, -0.25) is 9.59 Å². The third-order valence-electron chi connectivity index (χ3n) is 5.04. The molecule has 0 aliphatic carbocycles. The molecule has 2 heterocycles. The Morgan fingerprint density at radius 2 is 1.89 bits per heavy atom. The van der Waals surface area contributed by atoms with Crippen LogP contribution in [0, 0.1) is 0 Å². The zero-order chi connectivity index (χ0) is 20.3. The molecule has 1 fully saturated rings. The highest BCUT2D eigenvalue weighted by atomic mass is 16.2. The number of carbonyl (C=O) groups excluding carboxylic acids is 2. The lowest BCUT2D eigenvalue weighted by molar-refractivity contribution is -0.134. The molecular weight excluding hydrogens is 356 g/mol. The van der Waals surface area contributed by atoms with E-state index in [-0.39, 0.29) is 23.8 Å². The number of nitrogen functional groups attached to an aromatic ring is 1. The van der Waals surface area contributed by atoms with E-state index in [4.69, 9.17) is 11.5 Å². The Kier molecular flexibility index (Phi) is 5.89. The first kappa shape index (κ1) is 19.8. The second-order valence-corrected chi connectivity index (χ2v) is 6.84. The van der Waals surface area contributed by atoms with Gasteiger partial charge in [-0.15, -0.1) is 0 Å². The van der Waals surface area contributed by atoms with E-state index in [1.165, 1.54) is 6.20 Å². The molecule has 1 aromatic heterocycles. The fraction of sp³-hybridized carbons (Fsp3) is 0.400. The number of likely N-dealkylation sites (N-methyl/N-ethyl adjacent to an activating group) is 1. The minimum atomic E-state index is -0.580. The van der Waals surface area contributed by atoms with E-state index in [0.717, 1.165) is 5.56 Å². The van der Waals surface area contributed by atoms with Gasteiger partial charge in [-0.1, -0.05) is 30.3 Å². The maximum Gasteiger partial charge on any atom is 0.258 e. The fourth-order valence-corrected chi connectivity index (χ4v) is 3.60. The molecule has 2 unspecified atom stereocenters. The zero-order valence-corrected chi connectivity index (χ0v) is 16.2. The Hall–Kier alpha value is -3.00. The van der Waals surface area contributed by atoms with E-state index in [1.807, 2.05) is 44.2 Å². The standard InChI is InChI=1S/C20H26N6O2/c1-3-25(4-2)19(28)16-10-14(21)12-26(16)18(27)15-11-23-20(22)24-17(15)13-8-6-5-7-9-13/h5-9,11,14,16H,3-4,10,12,21H2,1-2H3,(H2,22,23,24). The van der Waals surface area contributed by atoms with E-state index in [2.05, 4.69) is 9.97 Å². The van der Waals surface area contributed by atoms with Crippen LogP contribution in [0.2, 0.25) is 0 Å². The lowest BCUT2D eigenvalue weighted by atomic mass is 10.1. The molecule has 2 aromatic rings. The normalized spacial score (nSPS) is 18.9. The van der Waals surface area contributed by atoms with Crippen molar-refractivity contribution < 1.29 is 9.59 Å². The minimum absolute atomic E-state index is 0.0797. The molecule has 3 rings (SSSR count). The number of hydrogen-bond acceptors (Lipinski definition) is 6. The first-order chi connectivity index (χ1) is 13.5. The van der Waals surface area contributed by atoms with Crippen LogP contribution >= 0.6 is 0 Å². The van der Waals surface area contributed by atoms with Gasteiger partial charge in [-0.2, -0.15) is 0 Å². The lowest BCUT2D eigenvalue weighted by Crippen LogP contribution is -2.47. The van der Waals surface area contributed by atoms with Crippen LogP contribution in [0.4, 0.5) is 5.95 Å². The van der Waals surface area contributed by atoms with Crippen molar-refractivity contribution in [3.8, 4) is 11.3 Å². The quantitative estimate of drug-likeness (QED) is 0.800. The largest absolute Gasteiger partial charge is 0.368 e. The van der Waals surface area contributed by atoms with Crippen LogP contribution in [0.15, 0.2) is 36.5 Å². The van der Waals surface area contributed by atoms with E-state index < -0.39 is 6.04 Å². The molecule has 0 bridgehead atoms. The molecule has 0 spiro atoms. The fourth-order valence-electron chi connectivity index (χ4n) is 3.60. The summed E-state index contributed by atoms with van der Waals surface area (Å²) in [7, 11) is 0. The van der Waals surface area contributed by atoms with Gasteiger partial charge in [0.1, 0.15) is 6.04 Å². The summed E-state index contributed by atoms with van der Waals surface area (Å²) >= 11 is 0. The smallest absolute Gasteiger partial charge is 0.258 e. The predicted octanol–water partition coefficient (Wildman–Crippen LogP) is 1.14. The number of hydrogen-bond donors (Lipinski definition) is 2. The Bertz CT molecular complexity index is 853.